The second-order valence-corrected chi connectivity index (χ2v) is 5.34. The van der Waals surface area contributed by atoms with Gasteiger partial charge in [0.2, 0.25) is 11.8 Å². The van der Waals surface area contributed by atoms with Crippen LogP contribution in [0.3, 0.4) is 0 Å². The minimum Gasteiger partial charge on any atom is -0.355 e. The Morgan fingerprint density at radius 3 is 2.39 bits per heavy atom. The van der Waals surface area contributed by atoms with E-state index in [1.165, 1.54) is 0 Å². The van der Waals surface area contributed by atoms with Gasteiger partial charge in [-0.1, -0.05) is 6.07 Å². The minimum absolute atomic E-state index is 0.0620. The van der Waals surface area contributed by atoms with Crippen LogP contribution in [0.15, 0.2) is 18.2 Å². The lowest BCUT2D eigenvalue weighted by molar-refractivity contribution is -0.126. The zero-order valence-electron chi connectivity index (χ0n) is 11.0. The summed E-state index contributed by atoms with van der Waals surface area (Å²) in [6, 6.07) is 5.91. The Kier molecular flexibility index (Phi) is 3.11. The molecule has 96 valence electrons. The molecule has 1 atom stereocenters. The molecule has 4 nitrogen and oxygen atoms in total. The molecule has 1 aliphatic heterocycles. The highest BCUT2D eigenvalue weighted by Crippen LogP contribution is 2.27. The van der Waals surface area contributed by atoms with Crippen molar-refractivity contribution in [2.24, 2.45) is 5.41 Å². The van der Waals surface area contributed by atoms with Crippen LogP contribution in [0, 0.1) is 19.3 Å². The number of carbonyl (C=O) groups is 2. The van der Waals surface area contributed by atoms with E-state index in [-0.39, 0.29) is 18.2 Å². The lowest BCUT2D eigenvalue weighted by Crippen LogP contribution is -2.35. The third kappa shape index (κ3) is 2.53. The standard InChI is InChI=1S/C14H18N2O2/c1-9-4-10(2)6-11(5-9)16-13(18)14(3)7-12(17)15-8-14/h4-6H,7-8H2,1-3H3,(H,15,17)(H,16,18). The zero-order chi connectivity index (χ0) is 13.3. The summed E-state index contributed by atoms with van der Waals surface area (Å²) >= 11 is 0. The number of hydrogen-bond acceptors (Lipinski definition) is 2. The third-order valence-corrected chi connectivity index (χ3v) is 3.25. The maximum Gasteiger partial charge on any atom is 0.232 e. The summed E-state index contributed by atoms with van der Waals surface area (Å²) in [6.45, 7) is 6.20. The van der Waals surface area contributed by atoms with Crippen LogP contribution in [0.2, 0.25) is 0 Å². The first-order chi connectivity index (χ1) is 8.39. The lowest BCUT2D eigenvalue weighted by atomic mass is 9.88. The van der Waals surface area contributed by atoms with Crippen molar-refractivity contribution in [2.75, 3.05) is 11.9 Å². The first-order valence-corrected chi connectivity index (χ1v) is 6.05. The Bertz CT molecular complexity index is 490. The van der Waals surface area contributed by atoms with Crippen LogP contribution in [-0.2, 0) is 9.59 Å². The summed E-state index contributed by atoms with van der Waals surface area (Å²) in [7, 11) is 0. The highest BCUT2D eigenvalue weighted by molar-refractivity contribution is 5.99. The van der Waals surface area contributed by atoms with Gasteiger partial charge in [0.05, 0.1) is 5.41 Å². The fourth-order valence-corrected chi connectivity index (χ4v) is 2.26. The quantitative estimate of drug-likeness (QED) is 0.835. The monoisotopic (exact) mass is 246 g/mol. The van der Waals surface area contributed by atoms with E-state index in [2.05, 4.69) is 16.7 Å². The molecule has 1 aromatic rings. The summed E-state index contributed by atoms with van der Waals surface area (Å²) in [6.07, 6.45) is 0.254. The van der Waals surface area contributed by atoms with E-state index < -0.39 is 5.41 Å². The molecule has 0 radical (unpaired) electrons. The fourth-order valence-electron chi connectivity index (χ4n) is 2.26. The number of nitrogens with one attached hydrogen (secondary N) is 2. The van der Waals surface area contributed by atoms with Gasteiger partial charge in [0.25, 0.3) is 0 Å². The number of anilines is 1. The predicted octanol–water partition coefficient (Wildman–Crippen LogP) is 1.77. The van der Waals surface area contributed by atoms with Gasteiger partial charge in [-0.2, -0.15) is 0 Å². The Hall–Kier alpha value is -1.84. The van der Waals surface area contributed by atoms with Gasteiger partial charge in [0, 0.05) is 18.7 Å². The highest BCUT2D eigenvalue weighted by Gasteiger charge is 2.40. The van der Waals surface area contributed by atoms with Gasteiger partial charge in [-0.25, -0.2) is 0 Å². The van der Waals surface area contributed by atoms with Crippen LogP contribution >= 0.6 is 0 Å². The maximum absolute atomic E-state index is 12.2. The van der Waals surface area contributed by atoms with Crippen LogP contribution in [-0.4, -0.2) is 18.4 Å². The second-order valence-electron chi connectivity index (χ2n) is 5.34. The van der Waals surface area contributed by atoms with Gasteiger partial charge in [0.15, 0.2) is 0 Å². The molecule has 1 unspecified atom stereocenters. The Morgan fingerprint density at radius 1 is 1.28 bits per heavy atom. The molecular formula is C14H18N2O2. The van der Waals surface area contributed by atoms with E-state index in [9.17, 15) is 9.59 Å². The first-order valence-electron chi connectivity index (χ1n) is 6.05. The van der Waals surface area contributed by atoms with Crippen molar-refractivity contribution in [3.8, 4) is 0 Å². The molecule has 1 aliphatic rings. The van der Waals surface area contributed by atoms with Crippen LogP contribution in [0.4, 0.5) is 5.69 Å². The van der Waals surface area contributed by atoms with Crippen molar-refractivity contribution in [1.82, 2.24) is 5.32 Å². The number of amides is 2. The molecule has 1 heterocycles. The molecule has 4 heteroatoms. The van der Waals surface area contributed by atoms with Crippen molar-refractivity contribution in [1.29, 1.82) is 0 Å². The molecule has 2 rings (SSSR count). The van der Waals surface area contributed by atoms with Gasteiger partial charge in [-0.3, -0.25) is 9.59 Å². The number of carbonyl (C=O) groups excluding carboxylic acids is 2. The normalized spacial score (nSPS) is 22.7. The van der Waals surface area contributed by atoms with E-state index in [1.807, 2.05) is 32.9 Å². The molecule has 0 aromatic heterocycles. The van der Waals surface area contributed by atoms with Crippen LogP contribution in [0.1, 0.15) is 24.5 Å². The van der Waals surface area contributed by atoms with Crippen molar-refractivity contribution in [3.05, 3.63) is 29.3 Å². The van der Waals surface area contributed by atoms with Gasteiger partial charge < -0.3 is 10.6 Å². The first kappa shape index (κ1) is 12.6. The van der Waals surface area contributed by atoms with Gasteiger partial charge in [-0.05, 0) is 44.0 Å². The third-order valence-electron chi connectivity index (χ3n) is 3.25. The van der Waals surface area contributed by atoms with E-state index in [4.69, 9.17) is 0 Å². The lowest BCUT2D eigenvalue weighted by Gasteiger charge is -2.20. The molecular weight excluding hydrogens is 228 g/mol. The molecule has 0 saturated carbocycles. The molecule has 0 spiro atoms. The summed E-state index contributed by atoms with van der Waals surface area (Å²) in [5, 5.41) is 5.60. The van der Waals surface area contributed by atoms with Crippen LogP contribution < -0.4 is 10.6 Å². The van der Waals surface area contributed by atoms with E-state index in [1.54, 1.807) is 0 Å². The second kappa shape index (κ2) is 4.44. The van der Waals surface area contributed by atoms with Crippen LogP contribution in [0.25, 0.3) is 0 Å². The summed E-state index contributed by atoms with van der Waals surface area (Å²) in [5.41, 5.74) is 2.36. The summed E-state index contributed by atoms with van der Waals surface area (Å²) < 4.78 is 0. The number of hydrogen-bond donors (Lipinski definition) is 2. The molecule has 1 fully saturated rings. The molecule has 2 N–H and O–H groups in total. The Morgan fingerprint density at radius 2 is 1.89 bits per heavy atom. The molecule has 0 aliphatic carbocycles. The van der Waals surface area contributed by atoms with E-state index in [0.29, 0.717) is 6.54 Å². The molecule has 0 bridgehead atoms. The van der Waals surface area contributed by atoms with Crippen molar-refractivity contribution in [3.63, 3.8) is 0 Å². The summed E-state index contributed by atoms with van der Waals surface area (Å²) in [4.78, 5) is 23.4. The average molecular weight is 246 g/mol. The van der Waals surface area contributed by atoms with Gasteiger partial charge in [-0.15, -0.1) is 0 Å². The summed E-state index contributed by atoms with van der Waals surface area (Å²) in [5.74, 6) is -0.168. The number of rotatable bonds is 2. The van der Waals surface area contributed by atoms with Gasteiger partial charge in [0.1, 0.15) is 0 Å². The largest absolute Gasteiger partial charge is 0.355 e. The maximum atomic E-state index is 12.2. The Balaban J connectivity index is 2.14. The molecule has 18 heavy (non-hydrogen) atoms. The molecule has 1 saturated heterocycles. The fraction of sp³-hybridized carbons (Fsp3) is 0.429. The smallest absolute Gasteiger partial charge is 0.232 e. The SMILES string of the molecule is Cc1cc(C)cc(NC(=O)C2(C)CNC(=O)C2)c1. The molecule has 1 aromatic carbocycles. The highest BCUT2D eigenvalue weighted by atomic mass is 16.2. The topological polar surface area (TPSA) is 58.2 Å². The number of aryl methyl sites for hydroxylation is 2. The van der Waals surface area contributed by atoms with Crippen molar-refractivity contribution in [2.45, 2.75) is 27.2 Å². The van der Waals surface area contributed by atoms with Crippen molar-refractivity contribution < 1.29 is 9.59 Å². The average Bonchev–Trinajstić information content (AvgIpc) is 2.58. The molecule has 2 amide bonds. The van der Waals surface area contributed by atoms with Gasteiger partial charge >= 0.3 is 0 Å². The van der Waals surface area contributed by atoms with Crippen molar-refractivity contribution >= 4 is 17.5 Å². The zero-order valence-corrected chi connectivity index (χ0v) is 11.0. The Labute approximate surface area is 107 Å². The number of benzene rings is 1. The van der Waals surface area contributed by atoms with E-state index in [0.717, 1.165) is 16.8 Å². The van der Waals surface area contributed by atoms with Crippen LogP contribution in [0.5, 0.6) is 0 Å². The predicted molar refractivity (Wildman–Crippen MR) is 70.3 cm³/mol. The van der Waals surface area contributed by atoms with E-state index >= 15 is 0 Å². The minimum atomic E-state index is -0.644.